The molecule has 2 saturated heterocycles. The summed E-state index contributed by atoms with van der Waals surface area (Å²) in [6.07, 6.45) is 6.20. The van der Waals surface area contributed by atoms with E-state index in [1.807, 2.05) is 11.8 Å². The molecule has 2 rings (SSSR count). The van der Waals surface area contributed by atoms with Gasteiger partial charge in [0.25, 0.3) is 0 Å². The number of nitrogens with one attached hydrogen (secondary N) is 1. The fraction of sp³-hybridized carbons (Fsp3) is 0.750. The van der Waals surface area contributed by atoms with Crippen LogP contribution in [-0.2, 0) is 9.59 Å². The number of rotatable bonds is 7. The number of nitrogens with zero attached hydrogens (tertiary/aromatic N) is 2. The first kappa shape index (κ1) is 17.3. The van der Waals surface area contributed by atoms with Gasteiger partial charge in [-0.2, -0.15) is 11.8 Å². The molecule has 2 fully saturated rings. The molecule has 0 bridgehead atoms. The van der Waals surface area contributed by atoms with E-state index in [4.69, 9.17) is 0 Å². The average molecular weight is 325 g/mol. The predicted octanol–water partition coefficient (Wildman–Crippen LogP) is 0.965. The summed E-state index contributed by atoms with van der Waals surface area (Å²) < 4.78 is 0. The van der Waals surface area contributed by atoms with Crippen LogP contribution in [0.3, 0.4) is 0 Å². The van der Waals surface area contributed by atoms with Crippen molar-refractivity contribution in [3.63, 3.8) is 0 Å². The van der Waals surface area contributed by atoms with Gasteiger partial charge in [-0.05, 0) is 19.1 Å². The van der Waals surface area contributed by atoms with Crippen LogP contribution in [0.4, 0.5) is 0 Å². The van der Waals surface area contributed by atoms with E-state index in [0.29, 0.717) is 19.5 Å². The normalized spacial score (nSPS) is 23.8. The predicted molar refractivity (Wildman–Crippen MR) is 90.9 cm³/mol. The van der Waals surface area contributed by atoms with Gasteiger partial charge in [0.05, 0.1) is 5.92 Å². The molecular formula is C16H27N3O2S. The lowest BCUT2D eigenvalue weighted by molar-refractivity contribution is -0.129. The van der Waals surface area contributed by atoms with Crippen molar-refractivity contribution in [2.75, 3.05) is 44.7 Å². The minimum Gasteiger partial charge on any atom is -0.353 e. The van der Waals surface area contributed by atoms with Gasteiger partial charge in [-0.25, -0.2) is 0 Å². The highest BCUT2D eigenvalue weighted by atomic mass is 32.2. The van der Waals surface area contributed by atoms with E-state index >= 15 is 0 Å². The second kappa shape index (κ2) is 8.58. The van der Waals surface area contributed by atoms with Crippen LogP contribution < -0.4 is 5.32 Å². The second-order valence-electron chi connectivity index (χ2n) is 6.11. The van der Waals surface area contributed by atoms with E-state index in [2.05, 4.69) is 23.1 Å². The highest BCUT2D eigenvalue weighted by Gasteiger charge is 2.34. The zero-order valence-electron chi connectivity index (χ0n) is 13.4. The number of likely N-dealkylation sites (tertiary alicyclic amines) is 2. The maximum Gasteiger partial charge on any atom is 0.225 e. The lowest BCUT2D eigenvalue weighted by Crippen LogP contribution is -2.47. The van der Waals surface area contributed by atoms with Gasteiger partial charge in [-0.3, -0.25) is 9.59 Å². The van der Waals surface area contributed by atoms with Crippen molar-refractivity contribution in [1.29, 1.82) is 0 Å². The quantitative estimate of drug-likeness (QED) is 0.709. The Bertz CT molecular complexity index is 408. The number of carbonyl (C=O) groups is 2. The summed E-state index contributed by atoms with van der Waals surface area (Å²) in [5.74, 6) is 1.08. The fourth-order valence-electron chi connectivity index (χ4n) is 3.12. The second-order valence-corrected chi connectivity index (χ2v) is 7.09. The summed E-state index contributed by atoms with van der Waals surface area (Å²) in [7, 11) is 0. The highest BCUT2D eigenvalue weighted by Crippen LogP contribution is 2.19. The summed E-state index contributed by atoms with van der Waals surface area (Å²) in [6, 6.07) is 0.265. The third-order valence-electron chi connectivity index (χ3n) is 4.48. The molecule has 0 aromatic heterocycles. The number of amides is 2. The third kappa shape index (κ3) is 4.74. The Morgan fingerprint density at radius 2 is 2.18 bits per heavy atom. The molecule has 6 heteroatoms. The van der Waals surface area contributed by atoms with Gasteiger partial charge in [-0.1, -0.05) is 6.08 Å². The van der Waals surface area contributed by atoms with Crippen LogP contribution in [-0.4, -0.2) is 72.4 Å². The lowest BCUT2D eigenvalue weighted by Gasteiger charge is -2.32. The molecule has 1 atom stereocenters. The van der Waals surface area contributed by atoms with E-state index in [-0.39, 0.29) is 23.8 Å². The Morgan fingerprint density at radius 3 is 2.82 bits per heavy atom. The van der Waals surface area contributed by atoms with E-state index in [9.17, 15) is 9.59 Å². The van der Waals surface area contributed by atoms with Crippen molar-refractivity contribution in [2.24, 2.45) is 5.92 Å². The van der Waals surface area contributed by atoms with Crippen LogP contribution in [0.25, 0.3) is 0 Å². The molecule has 124 valence electrons. The molecule has 2 aliphatic heterocycles. The van der Waals surface area contributed by atoms with Gasteiger partial charge in [0.15, 0.2) is 0 Å². The number of piperidine rings is 1. The molecular weight excluding hydrogens is 298 g/mol. The van der Waals surface area contributed by atoms with Crippen LogP contribution in [0.2, 0.25) is 0 Å². The van der Waals surface area contributed by atoms with Crippen LogP contribution >= 0.6 is 11.8 Å². The van der Waals surface area contributed by atoms with Crippen molar-refractivity contribution in [1.82, 2.24) is 15.1 Å². The molecule has 22 heavy (non-hydrogen) atoms. The van der Waals surface area contributed by atoms with Gasteiger partial charge in [0, 0.05) is 50.9 Å². The lowest BCUT2D eigenvalue weighted by atomic mass is 10.0. The maximum atomic E-state index is 12.3. The third-order valence-corrected chi connectivity index (χ3v) is 5.07. The van der Waals surface area contributed by atoms with Crippen molar-refractivity contribution >= 4 is 23.6 Å². The molecule has 0 saturated carbocycles. The monoisotopic (exact) mass is 325 g/mol. The Morgan fingerprint density at radius 1 is 1.45 bits per heavy atom. The smallest absolute Gasteiger partial charge is 0.225 e. The van der Waals surface area contributed by atoms with Crippen molar-refractivity contribution in [3.05, 3.63) is 12.7 Å². The average Bonchev–Trinajstić information content (AvgIpc) is 2.88. The Labute approximate surface area is 137 Å². The van der Waals surface area contributed by atoms with E-state index in [0.717, 1.165) is 32.5 Å². The van der Waals surface area contributed by atoms with E-state index in [1.54, 1.807) is 11.0 Å². The van der Waals surface area contributed by atoms with Crippen LogP contribution in [0, 0.1) is 5.92 Å². The van der Waals surface area contributed by atoms with Gasteiger partial charge < -0.3 is 15.1 Å². The summed E-state index contributed by atoms with van der Waals surface area (Å²) in [5.41, 5.74) is 0. The van der Waals surface area contributed by atoms with Crippen molar-refractivity contribution < 1.29 is 9.59 Å². The standard InChI is InChI=1S/C16H27N3O2S/c1-3-6-19-12-13(11-15(19)20)16(21)17-14-4-7-18(8-5-14)9-10-22-2/h3,13-14H,1,4-12H2,2H3,(H,17,21). The van der Waals surface area contributed by atoms with Crippen LogP contribution in [0.15, 0.2) is 12.7 Å². The molecule has 0 aromatic rings. The first-order valence-electron chi connectivity index (χ1n) is 8.04. The van der Waals surface area contributed by atoms with Crippen molar-refractivity contribution in [2.45, 2.75) is 25.3 Å². The number of carbonyl (C=O) groups excluding carboxylic acids is 2. The minimum atomic E-state index is -0.193. The number of hydrogen-bond acceptors (Lipinski definition) is 4. The minimum absolute atomic E-state index is 0.0440. The fourth-order valence-corrected chi connectivity index (χ4v) is 3.56. The largest absolute Gasteiger partial charge is 0.353 e. The topological polar surface area (TPSA) is 52.7 Å². The van der Waals surface area contributed by atoms with Gasteiger partial charge >= 0.3 is 0 Å². The molecule has 2 aliphatic rings. The number of hydrogen-bond donors (Lipinski definition) is 1. The van der Waals surface area contributed by atoms with Gasteiger partial charge in [0.1, 0.15) is 0 Å². The van der Waals surface area contributed by atoms with Crippen LogP contribution in [0.1, 0.15) is 19.3 Å². The summed E-state index contributed by atoms with van der Waals surface area (Å²) in [6.45, 7) is 7.96. The van der Waals surface area contributed by atoms with Gasteiger partial charge in [-0.15, -0.1) is 6.58 Å². The van der Waals surface area contributed by atoms with Crippen LogP contribution in [0.5, 0.6) is 0 Å². The molecule has 1 N–H and O–H groups in total. The zero-order chi connectivity index (χ0) is 15.9. The van der Waals surface area contributed by atoms with E-state index < -0.39 is 0 Å². The first-order valence-corrected chi connectivity index (χ1v) is 9.43. The zero-order valence-corrected chi connectivity index (χ0v) is 14.2. The molecule has 2 amide bonds. The first-order chi connectivity index (χ1) is 10.6. The van der Waals surface area contributed by atoms with Crippen molar-refractivity contribution in [3.8, 4) is 0 Å². The Balaban J connectivity index is 1.72. The highest BCUT2D eigenvalue weighted by molar-refractivity contribution is 7.98. The SMILES string of the molecule is C=CCN1CC(C(=O)NC2CCN(CCSC)CC2)CC1=O. The molecule has 5 nitrogen and oxygen atoms in total. The van der Waals surface area contributed by atoms with Gasteiger partial charge in [0.2, 0.25) is 11.8 Å². The molecule has 2 heterocycles. The summed E-state index contributed by atoms with van der Waals surface area (Å²) in [5, 5.41) is 3.15. The Kier molecular flexibility index (Phi) is 6.76. The van der Waals surface area contributed by atoms with E-state index in [1.165, 1.54) is 5.75 Å². The summed E-state index contributed by atoms with van der Waals surface area (Å²) in [4.78, 5) is 28.3. The molecule has 0 aliphatic carbocycles. The molecule has 0 spiro atoms. The summed E-state index contributed by atoms with van der Waals surface area (Å²) >= 11 is 1.87. The molecule has 0 radical (unpaired) electrons. The maximum absolute atomic E-state index is 12.3. The Hall–Kier alpha value is -1.01. The number of thioether (sulfide) groups is 1. The molecule has 1 unspecified atom stereocenters. The molecule has 0 aromatic carbocycles.